The van der Waals surface area contributed by atoms with Crippen molar-refractivity contribution in [1.82, 2.24) is 19.9 Å². The van der Waals surface area contributed by atoms with Gasteiger partial charge < -0.3 is 4.90 Å². The lowest BCUT2D eigenvalue weighted by Crippen LogP contribution is -2.28. The standard InChI is InChI=1S/C24H29F2N5O.C5H10/c1-6-9-17(10-7-2)31-21(8-3)20(28-29-31)15-16(4)18-11-12-19(23(26)22(18)25)24(32)30(5)14-13-27;1-2-5-3-4-5/h8,11-12,15,17H,3,6-7,9-10,14H2,1-2,4-5H3;5H,2-4H2,1H3/b16-15+;. The minimum Gasteiger partial charge on any atom is -0.328 e. The van der Waals surface area contributed by atoms with Crippen molar-refractivity contribution in [2.45, 2.75) is 78.7 Å². The summed E-state index contributed by atoms with van der Waals surface area (Å²) in [5.41, 5.74) is 1.27. The number of carbonyl (C=O) groups excluding carboxylic acids is 1. The number of aromatic nitrogens is 3. The molecule has 1 saturated carbocycles. The molecule has 1 heterocycles. The van der Waals surface area contributed by atoms with Gasteiger partial charge in [0, 0.05) is 12.6 Å². The molecule has 0 aliphatic heterocycles. The highest BCUT2D eigenvalue weighted by atomic mass is 19.2. The summed E-state index contributed by atoms with van der Waals surface area (Å²) in [6.07, 6.45) is 11.7. The zero-order valence-electron chi connectivity index (χ0n) is 22.7. The van der Waals surface area contributed by atoms with Crippen LogP contribution in [0.4, 0.5) is 8.78 Å². The minimum atomic E-state index is -1.25. The second-order valence-corrected chi connectivity index (χ2v) is 9.53. The van der Waals surface area contributed by atoms with Gasteiger partial charge in [0.1, 0.15) is 12.2 Å². The van der Waals surface area contributed by atoms with Gasteiger partial charge in [0.2, 0.25) is 0 Å². The van der Waals surface area contributed by atoms with Crippen molar-refractivity contribution >= 4 is 23.6 Å². The highest BCUT2D eigenvalue weighted by Gasteiger charge is 2.22. The molecular formula is C29H39F2N5O. The van der Waals surface area contributed by atoms with Gasteiger partial charge in [0.15, 0.2) is 11.6 Å². The molecule has 1 aromatic carbocycles. The Hall–Kier alpha value is -3.34. The second kappa shape index (κ2) is 14.4. The molecule has 0 bridgehead atoms. The molecule has 0 unspecified atom stereocenters. The Bertz CT molecular complexity index is 1140. The summed E-state index contributed by atoms with van der Waals surface area (Å²) in [6.45, 7) is 11.8. The molecule has 2 aromatic rings. The number of benzene rings is 1. The highest BCUT2D eigenvalue weighted by molar-refractivity contribution is 5.95. The second-order valence-electron chi connectivity index (χ2n) is 9.53. The molecule has 1 fully saturated rings. The minimum absolute atomic E-state index is 0.0187. The summed E-state index contributed by atoms with van der Waals surface area (Å²) in [5, 5.41) is 17.2. The average Bonchev–Trinajstić information content (AvgIpc) is 3.65. The van der Waals surface area contributed by atoms with Gasteiger partial charge in [-0.1, -0.05) is 70.7 Å². The summed E-state index contributed by atoms with van der Waals surface area (Å²) in [5.74, 6) is -2.00. The Morgan fingerprint density at radius 3 is 2.30 bits per heavy atom. The summed E-state index contributed by atoms with van der Waals surface area (Å²) in [6, 6.07) is 4.58. The van der Waals surface area contributed by atoms with E-state index in [1.807, 2.05) is 4.68 Å². The van der Waals surface area contributed by atoms with Crippen LogP contribution in [0.15, 0.2) is 18.7 Å². The number of hydrogen-bond acceptors (Lipinski definition) is 4. The van der Waals surface area contributed by atoms with Gasteiger partial charge in [-0.05, 0) is 49.5 Å². The Kier molecular flexibility index (Phi) is 11.6. The molecule has 3 rings (SSSR count). The van der Waals surface area contributed by atoms with E-state index in [1.54, 1.807) is 25.1 Å². The lowest BCUT2D eigenvalue weighted by molar-refractivity contribution is 0.0806. The largest absolute Gasteiger partial charge is 0.328 e. The Balaban J connectivity index is 0.000000856. The normalized spacial score (nSPS) is 13.1. The molecule has 200 valence electrons. The molecule has 0 saturated heterocycles. The van der Waals surface area contributed by atoms with E-state index in [9.17, 15) is 13.6 Å². The van der Waals surface area contributed by atoms with E-state index in [-0.39, 0.29) is 18.2 Å². The number of hydrogen-bond donors (Lipinski definition) is 0. The number of carbonyl (C=O) groups is 1. The molecule has 0 radical (unpaired) electrons. The molecular weight excluding hydrogens is 472 g/mol. The van der Waals surface area contributed by atoms with Crippen molar-refractivity contribution < 1.29 is 13.6 Å². The monoisotopic (exact) mass is 511 g/mol. The van der Waals surface area contributed by atoms with E-state index in [4.69, 9.17) is 5.26 Å². The molecule has 37 heavy (non-hydrogen) atoms. The summed E-state index contributed by atoms with van der Waals surface area (Å²) < 4.78 is 31.3. The molecule has 1 aromatic heterocycles. The smallest absolute Gasteiger partial charge is 0.257 e. The van der Waals surface area contributed by atoms with E-state index in [0.717, 1.165) is 42.2 Å². The van der Waals surface area contributed by atoms with E-state index in [0.29, 0.717) is 11.3 Å². The maximum Gasteiger partial charge on any atom is 0.257 e. The first kappa shape index (κ1) is 29.9. The van der Waals surface area contributed by atoms with E-state index in [2.05, 4.69) is 37.7 Å². The summed E-state index contributed by atoms with van der Waals surface area (Å²) in [7, 11) is 1.35. The first-order valence-electron chi connectivity index (χ1n) is 13.1. The number of amides is 1. The molecule has 1 aliphatic carbocycles. The van der Waals surface area contributed by atoms with Crippen LogP contribution in [-0.4, -0.2) is 39.4 Å². The van der Waals surface area contributed by atoms with Crippen LogP contribution in [0, 0.1) is 28.9 Å². The van der Waals surface area contributed by atoms with Crippen molar-refractivity contribution in [3.63, 3.8) is 0 Å². The Morgan fingerprint density at radius 1 is 1.22 bits per heavy atom. The van der Waals surface area contributed by atoms with Crippen molar-refractivity contribution in [3.8, 4) is 6.07 Å². The zero-order chi connectivity index (χ0) is 27.5. The fourth-order valence-electron chi connectivity index (χ4n) is 4.15. The van der Waals surface area contributed by atoms with E-state index >= 15 is 0 Å². The van der Waals surface area contributed by atoms with Crippen molar-refractivity contribution in [3.05, 3.63) is 52.9 Å². The molecule has 0 N–H and O–H groups in total. The lowest BCUT2D eigenvalue weighted by atomic mass is 10.0. The quantitative estimate of drug-likeness (QED) is 0.297. The van der Waals surface area contributed by atoms with Gasteiger partial charge in [0.05, 0.1) is 23.4 Å². The first-order chi connectivity index (χ1) is 17.7. The molecule has 6 nitrogen and oxygen atoms in total. The van der Waals surface area contributed by atoms with Crippen LogP contribution in [-0.2, 0) is 0 Å². The van der Waals surface area contributed by atoms with Gasteiger partial charge >= 0.3 is 0 Å². The number of allylic oxidation sites excluding steroid dienone is 1. The fourth-order valence-corrected chi connectivity index (χ4v) is 4.15. The molecule has 0 atom stereocenters. The van der Waals surface area contributed by atoms with Crippen molar-refractivity contribution in [2.75, 3.05) is 13.6 Å². The van der Waals surface area contributed by atoms with Crippen molar-refractivity contribution in [2.24, 2.45) is 5.92 Å². The van der Waals surface area contributed by atoms with Gasteiger partial charge in [-0.25, -0.2) is 13.5 Å². The summed E-state index contributed by atoms with van der Waals surface area (Å²) in [4.78, 5) is 13.3. The zero-order valence-corrected chi connectivity index (χ0v) is 22.7. The van der Waals surface area contributed by atoms with Crippen LogP contribution in [0.5, 0.6) is 0 Å². The third-order valence-electron chi connectivity index (χ3n) is 6.56. The lowest BCUT2D eigenvalue weighted by Gasteiger charge is -2.17. The number of nitriles is 1. The SMILES string of the molecule is C=Cc1c(/C=C(\C)c2ccc(C(=O)N(C)CC#N)c(F)c2F)nnn1C(CCC)CCC.CCC1CC1. The first-order valence-corrected chi connectivity index (χ1v) is 13.1. The predicted molar refractivity (Wildman–Crippen MR) is 144 cm³/mol. The fraction of sp³-hybridized carbons (Fsp3) is 0.517. The number of nitrogens with zero attached hydrogens (tertiary/aromatic N) is 5. The average molecular weight is 512 g/mol. The van der Waals surface area contributed by atoms with Crippen LogP contribution in [0.2, 0.25) is 0 Å². The highest BCUT2D eigenvalue weighted by Crippen LogP contribution is 2.31. The maximum absolute atomic E-state index is 14.8. The van der Waals surface area contributed by atoms with Crippen LogP contribution in [0.3, 0.4) is 0 Å². The van der Waals surface area contributed by atoms with Crippen molar-refractivity contribution in [1.29, 1.82) is 5.26 Å². The number of halogens is 2. The van der Waals surface area contributed by atoms with Gasteiger partial charge in [-0.15, -0.1) is 5.10 Å². The molecule has 1 amide bonds. The van der Waals surface area contributed by atoms with Gasteiger partial charge in [-0.2, -0.15) is 5.26 Å². The summed E-state index contributed by atoms with van der Waals surface area (Å²) >= 11 is 0. The maximum atomic E-state index is 14.8. The van der Waals surface area contributed by atoms with Gasteiger partial charge in [-0.3, -0.25) is 4.79 Å². The number of rotatable bonds is 11. The van der Waals surface area contributed by atoms with E-state index in [1.165, 1.54) is 38.4 Å². The van der Waals surface area contributed by atoms with Crippen LogP contribution in [0.25, 0.3) is 17.7 Å². The third-order valence-corrected chi connectivity index (χ3v) is 6.56. The molecule has 1 aliphatic rings. The van der Waals surface area contributed by atoms with Crippen LogP contribution in [0.1, 0.15) is 106 Å². The molecule has 8 heteroatoms. The third kappa shape index (κ3) is 7.82. The molecule has 0 spiro atoms. The van der Waals surface area contributed by atoms with E-state index < -0.39 is 23.1 Å². The Morgan fingerprint density at radius 2 is 1.81 bits per heavy atom. The van der Waals surface area contributed by atoms with Gasteiger partial charge in [0.25, 0.3) is 5.91 Å². The topological polar surface area (TPSA) is 74.8 Å². The predicted octanol–water partition coefficient (Wildman–Crippen LogP) is 7.30. The van der Waals surface area contributed by atoms with Crippen LogP contribution >= 0.6 is 0 Å². The Labute approximate surface area is 219 Å². The van der Waals surface area contributed by atoms with Crippen LogP contribution < -0.4 is 0 Å².